The number of hydrogen-bond acceptors (Lipinski definition) is 8. The van der Waals surface area contributed by atoms with Gasteiger partial charge < -0.3 is 34.0 Å². The first kappa shape index (κ1) is 29.1. The Hall–Kier alpha value is -2.85. The molecule has 0 aromatic rings. The van der Waals surface area contributed by atoms with Gasteiger partial charge in [-0.3, -0.25) is 9.59 Å². The Morgan fingerprint density at radius 1 is 1.08 bits per heavy atom. The van der Waals surface area contributed by atoms with Gasteiger partial charge in [-0.15, -0.1) is 0 Å². The summed E-state index contributed by atoms with van der Waals surface area (Å²) in [6.45, 7) is 7.14. The summed E-state index contributed by atoms with van der Waals surface area (Å²) in [4.78, 5) is 45.1. The second kappa shape index (κ2) is 12.1. The quantitative estimate of drug-likeness (QED) is 0.348. The van der Waals surface area contributed by atoms with Gasteiger partial charge in [-0.2, -0.15) is 0 Å². The van der Waals surface area contributed by atoms with Gasteiger partial charge in [0.15, 0.2) is 0 Å². The summed E-state index contributed by atoms with van der Waals surface area (Å²) in [6.07, 6.45) is 11.4. The minimum Gasteiger partial charge on any atom is -0.469 e. The van der Waals surface area contributed by atoms with Gasteiger partial charge in [-0.1, -0.05) is 24.3 Å². The smallest absolute Gasteiger partial charge is 0.410 e. The van der Waals surface area contributed by atoms with Gasteiger partial charge in [0.25, 0.3) is 0 Å². The summed E-state index contributed by atoms with van der Waals surface area (Å²) in [6, 6.07) is 0.271. The normalized spacial score (nSPS) is 28.2. The van der Waals surface area contributed by atoms with Gasteiger partial charge >= 0.3 is 12.1 Å². The summed E-state index contributed by atoms with van der Waals surface area (Å²) >= 11 is 0. The van der Waals surface area contributed by atoms with Gasteiger partial charge in [0.1, 0.15) is 11.5 Å². The molecule has 10 heteroatoms. The van der Waals surface area contributed by atoms with E-state index in [1.807, 2.05) is 11.0 Å². The summed E-state index contributed by atoms with van der Waals surface area (Å²) in [7, 11) is 2.94. The van der Waals surface area contributed by atoms with E-state index in [2.05, 4.69) is 29.3 Å². The largest absolute Gasteiger partial charge is 0.469 e. The number of hydrogen-bond donors (Lipinski definition) is 1. The first-order valence-corrected chi connectivity index (χ1v) is 13.9. The molecule has 2 amide bonds. The van der Waals surface area contributed by atoms with Crippen LogP contribution in [0.3, 0.4) is 0 Å². The number of allylic oxidation sites excluding steroid dienone is 2. The van der Waals surface area contributed by atoms with Crippen molar-refractivity contribution in [2.24, 2.45) is 17.8 Å². The minimum absolute atomic E-state index is 0.0253. The molecule has 2 unspecified atom stereocenters. The molecule has 0 spiro atoms. The van der Waals surface area contributed by atoms with Gasteiger partial charge in [0.05, 0.1) is 25.2 Å². The molecule has 1 saturated carbocycles. The van der Waals surface area contributed by atoms with Gasteiger partial charge in [0.2, 0.25) is 5.91 Å². The van der Waals surface area contributed by atoms with Crippen LogP contribution in [0, 0.1) is 17.8 Å². The summed E-state index contributed by atoms with van der Waals surface area (Å²) in [5.74, 6) is -2.75. The number of carbonyl (C=O) groups excluding carboxylic acids is 3. The molecule has 1 N–H and O–H groups in total. The van der Waals surface area contributed by atoms with E-state index in [9.17, 15) is 19.5 Å². The van der Waals surface area contributed by atoms with Crippen molar-refractivity contribution >= 4 is 18.0 Å². The fourth-order valence-electron chi connectivity index (χ4n) is 5.69. The van der Waals surface area contributed by atoms with E-state index >= 15 is 0 Å². The zero-order valence-corrected chi connectivity index (χ0v) is 23.7. The number of esters is 1. The van der Waals surface area contributed by atoms with Crippen LogP contribution < -0.4 is 0 Å². The van der Waals surface area contributed by atoms with Crippen molar-refractivity contribution in [1.82, 2.24) is 14.7 Å². The number of carbonyl (C=O) groups is 3. The Morgan fingerprint density at radius 3 is 2.41 bits per heavy atom. The average Bonchev–Trinajstić information content (AvgIpc) is 3.68. The van der Waals surface area contributed by atoms with Crippen LogP contribution in [-0.2, 0) is 23.8 Å². The van der Waals surface area contributed by atoms with Crippen molar-refractivity contribution in [3.8, 4) is 0 Å². The molecule has 0 aromatic carbocycles. The molecule has 2 heterocycles. The standard InChI is InChI=1S/C29H43N3O7/c1-29(2,3)39-28(36)31-17-22(25(33)23(18-31)27(35)38-5)26(34)32(20-11-12-20)16-19-15-30(13-8-14-37-4)24-10-7-6-9-21(19)24/h6-7,9-10,15,20-25,33H,8,11-14,16-18H2,1-5H3/t21?,22-,23+,24?,25-/m0/s1. The third-order valence-corrected chi connectivity index (χ3v) is 7.77. The van der Waals surface area contributed by atoms with Gasteiger partial charge in [0, 0.05) is 58.1 Å². The van der Waals surface area contributed by atoms with Crippen LogP contribution in [0.1, 0.15) is 40.0 Å². The van der Waals surface area contributed by atoms with E-state index in [-0.39, 0.29) is 37.0 Å². The lowest BCUT2D eigenvalue weighted by Gasteiger charge is -2.41. The molecule has 0 aromatic heterocycles. The Bertz CT molecular complexity index is 1010. The predicted molar refractivity (Wildman–Crippen MR) is 144 cm³/mol. The number of rotatable bonds is 9. The zero-order chi connectivity index (χ0) is 28.3. The van der Waals surface area contributed by atoms with Crippen molar-refractivity contribution in [1.29, 1.82) is 0 Å². The lowest BCUT2D eigenvalue weighted by atomic mass is 9.84. The number of methoxy groups -OCH3 is 2. The first-order chi connectivity index (χ1) is 18.5. The van der Waals surface area contributed by atoms with Crippen molar-refractivity contribution < 1.29 is 33.7 Å². The van der Waals surface area contributed by atoms with Crippen LogP contribution in [0.15, 0.2) is 36.1 Å². The number of amides is 2. The topological polar surface area (TPSA) is 109 Å². The van der Waals surface area contributed by atoms with E-state index in [4.69, 9.17) is 14.2 Å². The van der Waals surface area contributed by atoms with E-state index in [1.165, 1.54) is 12.0 Å². The summed E-state index contributed by atoms with van der Waals surface area (Å²) < 4.78 is 15.7. The monoisotopic (exact) mass is 545 g/mol. The third kappa shape index (κ3) is 6.84. The number of fused-ring (bicyclic) bond motifs is 1. The highest BCUT2D eigenvalue weighted by molar-refractivity contribution is 5.84. The average molecular weight is 546 g/mol. The fourth-order valence-corrected chi connectivity index (χ4v) is 5.69. The first-order valence-electron chi connectivity index (χ1n) is 13.9. The van der Waals surface area contributed by atoms with Gasteiger partial charge in [-0.05, 0) is 45.6 Å². The lowest BCUT2D eigenvalue weighted by Crippen LogP contribution is -2.59. The van der Waals surface area contributed by atoms with Crippen molar-refractivity contribution in [2.45, 2.75) is 63.8 Å². The SMILES string of the molecule is COCCCN1C=C(CN(C(=O)[C@H]2CN(C(=O)OC(C)(C)C)C[C@@H](C(=O)OC)[C@H]2O)C2CC2)C2C=CC=CC21. The molecule has 216 valence electrons. The molecule has 0 bridgehead atoms. The van der Waals surface area contributed by atoms with Gasteiger partial charge in [-0.25, -0.2) is 4.79 Å². The second-order valence-electron chi connectivity index (χ2n) is 11.9. The molecular weight excluding hydrogens is 502 g/mol. The molecule has 39 heavy (non-hydrogen) atoms. The molecule has 5 atom stereocenters. The highest BCUT2D eigenvalue weighted by atomic mass is 16.6. The minimum atomic E-state index is -1.27. The molecule has 1 saturated heterocycles. The summed E-state index contributed by atoms with van der Waals surface area (Å²) in [5, 5.41) is 11.2. The number of nitrogens with zero attached hydrogens (tertiary/aromatic N) is 3. The maximum Gasteiger partial charge on any atom is 0.410 e. The Kier molecular flexibility index (Phi) is 9.06. The molecule has 4 aliphatic rings. The number of ether oxygens (including phenoxy) is 3. The zero-order valence-electron chi connectivity index (χ0n) is 23.7. The van der Waals surface area contributed by atoms with Crippen LogP contribution >= 0.6 is 0 Å². The Labute approximate surface area is 231 Å². The van der Waals surface area contributed by atoms with Crippen molar-refractivity contribution in [2.75, 3.05) is 47.0 Å². The van der Waals surface area contributed by atoms with E-state index in [0.29, 0.717) is 13.2 Å². The van der Waals surface area contributed by atoms with Crippen LogP contribution in [0.25, 0.3) is 0 Å². The highest BCUT2D eigenvalue weighted by Gasteiger charge is 2.49. The van der Waals surface area contributed by atoms with E-state index in [1.54, 1.807) is 27.9 Å². The maximum atomic E-state index is 14.1. The Balaban J connectivity index is 1.55. The lowest BCUT2D eigenvalue weighted by molar-refractivity contribution is -0.159. The molecular formula is C29H43N3O7. The second-order valence-corrected chi connectivity index (χ2v) is 11.9. The Morgan fingerprint density at radius 2 is 1.77 bits per heavy atom. The van der Waals surface area contributed by atoms with Crippen molar-refractivity contribution in [3.05, 3.63) is 36.1 Å². The maximum absolute atomic E-state index is 14.1. The molecule has 0 radical (unpaired) electrons. The molecule has 2 aliphatic carbocycles. The van der Waals surface area contributed by atoms with Crippen molar-refractivity contribution in [3.63, 3.8) is 0 Å². The fraction of sp³-hybridized carbons (Fsp3) is 0.690. The molecule has 2 aliphatic heterocycles. The molecule has 4 rings (SSSR count). The predicted octanol–water partition coefficient (Wildman–Crippen LogP) is 2.34. The highest BCUT2D eigenvalue weighted by Crippen LogP contribution is 2.38. The van der Waals surface area contributed by atoms with E-state index < -0.39 is 35.6 Å². The van der Waals surface area contributed by atoms with E-state index in [0.717, 1.165) is 31.4 Å². The van der Waals surface area contributed by atoms with Crippen LogP contribution in [0.2, 0.25) is 0 Å². The third-order valence-electron chi connectivity index (χ3n) is 7.77. The number of aliphatic hydroxyl groups is 1. The number of aliphatic hydroxyl groups excluding tert-OH is 1. The number of likely N-dealkylation sites (tertiary alicyclic amines) is 1. The molecule has 10 nitrogen and oxygen atoms in total. The van der Waals surface area contributed by atoms with Crippen LogP contribution in [-0.4, -0.2) is 109 Å². The molecule has 2 fully saturated rings. The van der Waals surface area contributed by atoms with Crippen LogP contribution in [0.5, 0.6) is 0 Å². The number of piperidine rings is 1. The summed E-state index contributed by atoms with van der Waals surface area (Å²) in [5.41, 5.74) is 0.396. The van der Waals surface area contributed by atoms with Crippen LogP contribution in [0.4, 0.5) is 4.79 Å².